The Kier molecular flexibility index (Phi) is 7.70. The Bertz CT molecular complexity index is 1210. The van der Waals surface area contributed by atoms with Crippen LogP contribution in [0.15, 0.2) is 109 Å². The Hall–Kier alpha value is -4.38. The predicted molar refractivity (Wildman–Crippen MR) is 136 cm³/mol. The molecule has 0 aliphatic carbocycles. The summed E-state index contributed by atoms with van der Waals surface area (Å²) in [6, 6.07) is 34.6. The highest BCUT2D eigenvalue weighted by Crippen LogP contribution is 2.22. The summed E-state index contributed by atoms with van der Waals surface area (Å²) in [6.45, 7) is -0.0946. The second-order valence-corrected chi connectivity index (χ2v) is 7.84. The lowest BCUT2D eigenvalue weighted by atomic mass is 10.1. The van der Waals surface area contributed by atoms with Gasteiger partial charge < -0.3 is 15.4 Å². The highest BCUT2D eigenvalue weighted by atomic mass is 16.5. The minimum Gasteiger partial charge on any atom is -0.484 e. The number of benzene rings is 4. The molecule has 5 heteroatoms. The molecule has 0 spiro atoms. The maximum absolute atomic E-state index is 12.3. The molecule has 0 saturated carbocycles. The highest BCUT2D eigenvalue weighted by molar-refractivity contribution is 5.93. The average molecular weight is 451 g/mol. The molecule has 2 N–H and O–H groups in total. The summed E-state index contributed by atoms with van der Waals surface area (Å²) < 4.78 is 5.60. The number of rotatable bonds is 9. The van der Waals surface area contributed by atoms with Gasteiger partial charge in [-0.05, 0) is 59.5 Å². The molecule has 0 heterocycles. The van der Waals surface area contributed by atoms with E-state index in [1.165, 1.54) is 0 Å². The van der Waals surface area contributed by atoms with Crippen LogP contribution in [0.3, 0.4) is 0 Å². The summed E-state index contributed by atoms with van der Waals surface area (Å²) in [4.78, 5) is 24.4. The fraction of sp³-hybridized carbons (Fsp3) is 0.103. The molecule has 0 aromatic heterocycles. The number of carbonyl (C=O) groups is 2. The van der Waals surface area contributed by atoms with Crippen molar-refractivity contribution in [1.29, 1.82) is 0 Å². The molecule has 4 aromatic rings. The molecule has 0 aliphatic rings. The Morgan fingerprint density at radius 3 is 1.74 bits per heavy atom. The maximum Gasteiger partial charge on any atom is 0.262 e. The number of aryl methyl sites for hydroxylation is 1. The third-order valence-electron chi connectivity index (χ3n) is 5.27. The third kappa shape index (κ3) is 6.81. The standard InChI is InChI=1S/C29H26N2O3/c32-28(20-11-22-7-3-1-4-8-22)30-25-14-16-26(17-15-25)31-29(33)21-34-27-18-12-24(13-19-27)23-9-5-2-6-10-23/h1-10,12-19H,11,20-21H2,(H,30,32)(H,31,33). The summed E-state index contributed by atoms with van der Waals surface area (Å²) in [6.07, 6.45) is 1.10. The van der Waals surface area contributed by atoms with Crippen LogP contribution < -0.4 is 15.4 Å². The van der Waals surface area contributed by atoms with Crippen molar-refractivity contribution in [2.45, 2.75) is 12.8 Å². The van der Waals surface area contributed by atoms with Crippen molar-refractivity contribution in [3.63, 3.8) is 0 Å². The van der Waals surface area contributed by atoms with E-state index < -0.39 is 0 Å². The molecule has 2 amide bonds. The monoisotopic (exact) mass is 450 g/mol. The molecule has 4 rings (SSSR count). The Balaban J connectivity index is 1.21. The van der Waals surface area contributed by atoms with Crippen LogP contribution in [0.4, 0.5) is 11.4 Å². The number of anilines is 2. The van der Waals surface area contributed by atoms with Crippen LogP contribution >= 0.6 is 0 Å². The molecule has 0 saturated heterocycles. The summed E-state index contributed by atoms with van der Waals surface area (Å²) in [5, 5.41) is 5.68. The molecule has 170 valence electrons. The SMILES string of the molecule is O=C(CCc1ccccc1)Nc1ccc(NC(=O)COc2ccc(-c3ccccc3)cc2)cc1. The van der Waals surface area contributed by atoms with Crippen molar-refractivity contribution in [3.05, 3.63) is 115 Å². The zero-order valence-corrected chi connectivity index (χ0v) is 18.7. The fourth-order valence-corrected chi connectivity index (χ4v) is 3.48. The molecule has 34 heavy (non-hydrogen) atoms. The lowest BCUT2D eigenvalue weighted by Gasteiger charge is -2.10. The van der Waals surface area contributed by atoms with Gasteiger partial charge >= 0.3 is 0 Å². The smallest absolute Gasteiger partial charge is 0.262 e. The summed E-state index contributed by atoms with van der Waals surface area (Å²) in [5.74, 6) is 0.322. The van der Waals surface area contributed by atoms with Gasteiger partial charge in [-0.2, -0.15) is 0 Å². The van der Waals surface area contributed by atoms with E-state index in [1.54, 1.807) is 24.3 Å². The first-order valence-corrected chi connectivity index (χ1v) is 11.2. The minimum atomic E-state index is -0.258. The van der Waals surface area contributed by atoms with Gasteiger partial charge in [-0.25, -0.2) is 0 Å². The summed E-state index contributed by atoms with van der Waals surface area (Å²) in [5.41, 5.74) is 4.67. The van der Waals surface area contributed by atoms with E-state index in [1.807, 2.05) is 84.9 Å². The second kappa shape index (κ2) is 11.5. The van der Waals surface area contributed by atoms with Crippen LogP contribution in [0.2, 0.25) is 0 Å². The Labute approximate surface area is 199 Å². The summed E-state index contributed by atoms with van der Waals surface area (Å²) >= 11 is 0. The molecule has 4 aromatic carbocycles. The highest BCUT2D eigenvalue weighted by Gasteiger charge is 2.06. The van der Waals surface area contributed by atoms with Gasteiger partial charge in [-0.15, -0.1) is 0 Å². The quantitative estimate of drug-likeness (QED) is 0.331. The number of hydrogen-bond acceptors (Lipinski definition) is 3. The number of ether oxygens (including phenoxy) is 1. The van der Waals surface area contributed by atoms with Crippen LogP contribution in [0.25, 0.3) is 11.1 Å². The molecule has 0 bridgehead atoms. The molecule has 0 aliphatic heterocycles. The molecule has 0 atom stereocenters. The lowest BCUT2D eigenvalue weighted by molar-refractivity contribution is -0.118. The average Bonchev–Trinajstić information content (AvgIpc) is 2.89. The normalized spacial score (nSPS) is 10.4. The van der Waals surface area contributed by atoms with E-state index in [4.69, 9.17) is 4.74 Å². The molecular formula is C29H26N2O3. The largest absolute Gasteiger partial charge is 0.484 e. The maximum atomic E-state index is 12.3. The van der Waals surface area contributed by atoms with Crippen LogP contribution in [0.5, 0.6) is 5.75 Å². The first-order valence-electron chi connectivity index (χ1n) is 11.2. The molecule has 0 unspecified atom stereocenters. The number of nitrogens with one attached hydrogen (secondary N) is 2. The molecular weight excluding hydrogens is 424 g/mol. The van der Waals surface area contributed by atoms with Gasteiger partial charge in [0, 0.05) is 17.8 Å². The zero-order valence-electron chi connectivity index (χ0n) is 18.7. The van der Waals surface area contributed by atoms with Gasteiger partial charge in [0.25, 0.3) is 5.91 Å². The van der Waals surface area contributed by atoms with Gasteiger partial charge in [0.2, 0.25) is 5.91 Å². The number of hydrogen-bond donors (Lipinski definition) is 2. The van der Waals surface area contributed by atoms with Crippen LogP contribution in [-0.2, 0) is 16.0 Å². The Morgan fingerprint density at radius 2 is 1.12 bits per heavy atom. The molecule has 0 fully saturated rings. The van der Waals surface area contributed by atoms with E-state index in [0.717, 1.165) is 16.7 Å². The number of amides is 2. The van der Waals surface area contributed by atoms with E-state index >= 15 is 0 Å². The van der Waals surface area contributed by atoms with Gasteiger partial charge in [0.15, 0.2) is 6.61 Å². The van der Waals surface area contributed by atoms with Crippen molar-refractivity contribution < 1.29 is 14.3 Å². The van der Waals surface area contributed by atoms with Crippen LogP contribution in [-0.4, -0.2) is 18.4 Å². The number of carbonyl (C=O) groups excluding carboxylic acids is 2. The van der Waals surface area contributed by atoms with Gasteiger partial charge in [-0.1, -0.05) is 72.8 Å². The van der Waals surface area contributed by atoms with Crippen molar-refractivity contribution in [2.75, 3.05) is 17.2 Å². The first kappa shape index (κ1) is 22.8. The zero-order chi connectivity index (χ0) is 23.6. The van der Waals surface area contributed by atoms with Crippen LogP contribution in [0.1, 0.15) is 12.0 Å². The second-order valence-electron chi connectivity index (χ2n) is 7.84. The molecule has 5 nitrogen and oxygen atoms in total. The summed E-state index contributed by atoms with van der Waals surface area (Å²) in [7, 11) is 0. The van der Waals surface area contributed by atoms with Crippen molar-refractivity contribution >= 4 is 23.2 Å². The van der Waals surface area contributed by atoms with E-state index in [0.29, 0.717) is 30.0 Å². The fourth-order valence-electron chi connectivity index (χ4n) is 3.48. The topological polar surface area (TPSA) is 67.4 Å². The van der Waals surface area contributed by atoms with E-state index in [9.17, 15) is 9.59 Å². The van der Waals surface area contributed by atoms with Crippen LogP contribution in [0, 0.1) is 0 Å². The van der Waals surface area contributed by atoms with Crippen molar-refractivity contribution in [2.24, 2.45) is 0 Å². The van der Waals surface area contributed by atoms with Gasteiger partial charge in [-0.3, -0.25) is 9.59 Å². The predicted octanol–water partition coefficient (Wildman–Crippen LogP) is 5.94. The molecule has 0 radical (unpaired) electrons. The van der Waals surface area contributed by atoms with Crippen molar-refractivity contribution in [1.82, 2.24) is 0 Å². The Morgan fingerprint density at radius 1 is 0.588 bits per heavy atom. The van der Waals surface area contributed by atoms with Gasteiger partial charge in [0.1, 0.15) is 5.75 Å². The van der Waals surface area contributed by atoms with E-state index in [2.05, 4.69) is 10.6 Å². The lowest BCUT2D eigenvalue weighted by Crippen LogP contribution is -2.20. The van der Waals surface area contributed by atoms with Crippen molar-refractivity contribution in [3.8, 4) is 16.9 Å². The van der Waals surface area contributed by atoms with Gasteiger partial charge in [0.05, 0.1) is 0 Å². The first-order chi connectivity index (χ1) is 16.7. The van der Waals surface area contributed by atoms with E-state index in [-0.39, 0.29) is 18.4 Å². The minimum absolute atomic E-state index is 0.0488. The third-order valence-corrected chi connectivity index (χ3v) is 5.27.